The maximum absolute atomic E-state index is 10.0. The molecule has 8 nitrogen and oxygen atoms in total. The quantitative estimate of drug-likeness (QED) is 0.166. The van der Waals surface area contributed by atoms with Crippen LogP contribution in [0.3, 0.4) is 0 Å². The molecule has 1 aliphatic carbocycles. The Morgan fingerprint density at radius 2 is 1.06 bits per heavy atom. The lowest BCUT2D eigenvalue weighted by atomic mass is 9.67. The number of nitrogens with zero attached hydrogens (tertiary/aromatic N) is 8. The summed E-state index contributed by atoms with van der Waals surface area (Å²) < 4.78 is 6.99. The molecule has 2 aliphatic rings. The van der Waals surface area contributed by atoms with E-state index in [1.54, 1.807) is 11.8 Å². The molecular weight excluding hydrogens is 889 g/mol. The van der Waals surface area contributed by atoms with Crippen LogP contribution in [0.1, 0.15) is 27.8 Å². The highest BCUT2D eigenvalue weighted by atomic mass is 32.2. The van der Waals surface area contributed by atoms with Gasteiger partial charge >= 0.3 is 0 Å². The molecule has 0 radical (unpaired) electrons. The van der Waals surface area contributed by atoms with Gasteiger partial charge in [0.2, 0.25) is 0 Å². The summed E-state index contributed by atoms with van der Waals surface area (Å²) in [4.78, 5) is 20.5. The number of aromatic nitrogens is 5. The molecule has 1 atom stereocenters. The number of fused-ring (bicyclic) bond motifs is 18. The van der Waals surface area contributed by atoms with Gasteiger partial charge < -0.3 is 13.7 Å². The number of para-hydroxylation sites is 3. The Kier molecular flexibility index (Phi) is 7.97. The number of nitriles is 1. The SMILES string of the molecule is [C-]#[N+]c1ccc2c(c1)c1ccccc1n2-c1ccc2c(c1)Sc1cccc(-n3c4ccccc4c4cc([N+]#[C-])ccc43)c1C21c2cccnc2-c2ncc(-n3c4ccccc4c4cc(C#N)ccc43)cc21. The maximum Gasteiger partial charge on any atom is 0.188 e. The van der Waals surface area contributed by atoms with Gasteiger partial charge in [0.1, 0.15) is 0 Å². The van der Waals surface area contributed by atoms with E-state index in [-0.39, 0.29) is 0 Å². The van der Waals surface area contributed by atoms with E-state index in [1.165, 1.54) is 0 Å². The zero-order valence-corrected chi connectivity index (χ0v) is 38.3. The van der Waals surface area contributed by atoms with Gasteiger partial charge in [0.15, 0.2) is 11.4 Å². The van der Waals surface area contributed by atoms with Crippen LogP contribution in [0.2, 0.25) is 0 Å². The minimum absolute atomic E-state index is 0.597. The Bertz CT molecular complexity index is 4680. The zero-order chi connectivity index (χ0) is 47.1. The van der Waals surface area contributed by atoms with E-state index in [0.717, 1.165) is 126 Å². The fraction of sp³-hybridized carbons (Fsp3) is 0.0161. The highest BCUT2D eigenvalue weighted by molar-refractivity contribution is 7.99. The molecular formula is C62H32N8S. The van der Waals surface area contributed by atoms with Crippen molar-refractivity contribution in [1.29, 1.82) is 5.26 Å². The molecule has 5 aromatic heterocycles. The van der Waals surface area contributed by atoms with Crippen molar-refractivity contribution in [2.75, 3.05) is 0 Å². The second-order valence-corrected chi connectivity index (χ2v) is 19.3. The van der Waals surface area contributed by atoms with Gasteiger partial charge in [-0.05, 0) is 119 Å². The van der Waals surface area contributed by atoms with E-state index in [0.29, 0.717) is 16.9 Å². The normalized spacial score (nSPS) is 14.4. The topological polar surface area (TPSA) is 73.1 Å². The van der Waals surface area contributed by atoms with E-state index in [2.05, 4.69) is 157 Å². The molecule has 326 valence electrons. The first-order valence-corrected chi connectivity index (χ1v) is 24.1. The van der Waals surface area contributed by atoms with Gasteiger partial charge in [0.05, 0.1) is 92.3 Å². The maximum atomic E-state index is 10.0. The predicted molar refractivity (Wildman–Crippen MR) is 284 cm³/mol. The van der Waals surface area contributed by atoms with Gasteiger partial charge in [0, 0.05) is 54.3 Å². The third-order valence-corrected chi connectivity index (χ3v) is 15.9. The average Bonchev–Trinajstić information content (AvgIpc) is 4.14. The van der Waals surface area contributed by atoms with Crippen molar-refractivity contribution in [2.45, 2.75) is 15.2 Å². The minimum Gasteiger partial charge on any atom is -0.309 e. The van der Waals surface area contributed by atoms with Crippen LogP contribution in [0, 0.1) is 24.5 Å². The molecule has 71 heavy (non-hydrogen) atoms. The Labute approximate surface area is 410 Å². The first kappa shape index (κ1) is 39.3. The van der Waals surface area contributed by atoms with Gasteiger partial charge in [-0.25, -0.2) is 9.69 Å². The van der Waals surface area contributed by atoms with Crippen LogP contribution in [0.25, 0.3) is 104 Å². The third-order valence-electron chi connectivity index (χ3n) is 14.8. The summed E-state index contributed by atoms with van der Waals surface area (Å²) in [6.07, 6.45) is 3.84. The van der Waals surface area contributed by atoms with Gasteiger partial charge in [-0.3, -0.25) is 9.97 Å². The highest BCUT2D eigenvalue weighted by Crippen LogP contribution is 2.63. The summed E-state index contributed by atoms with van der Waals surface area (Å²) in [5, 5.41) is 16.3. The number of hydrogen-bond acceptors (Lipinski definition) is 4. The average molecular weight is 921 g/mol. The number of benzene rings is 8. The van der Waals surface area contributed by atoms with E-state index >= 15 is 0 Å². The molecule has 0 bridgehead atoms. The summed E-state index contributed by atoms with van der Waals surface area (Å²) in [7, 11) is 0. The van der Waals surface area contributed by atoms with Gasteiger partial charge in [-0.1, -0.05) is 96.7 Å². The molecule has 8 aromatic carbocycles. The van der Waals surface area contributed by atoms with Crippen molar-refractivity contribution in [1.82, 2.24) is 23.7 Å². The molecule has 1 aliphatic heterocycles. The fourth-order valence-corrected chi connectivity index (χ4v) is 13.3. The lowest BCUT2D eigenvalue weighted by Gasteiger charge is -2.41. The van der Waals surface area contributed by atoms with Crippen molar-refractivity contribution in [3.8, 4) is 34.5 Å². The summed E-state index contributed by atoms with van der Waals surface area (Å²) in [6, 6.07) is 65.8. The van der Waals surface area contributed by atoms with Crippen LogP contribution in [0.4, 0.5) is 11.4 Å². The van der Waals surface area contributed by atoms with Crippen LogP contribution in [0.15, 0.2) is 204 Å². The number of pyridine rings is 2. The summed E-state index contributed by atoms with van der Waals surface area (Å²) >= 11 is 1.78. The smallest absolute Gasteiger partial charge is 0.188 e. The van der Waals surface area contributed by atoms with Crippen molar-refractivity contribution >= 4 is 88.6 Å². The van der Waals surface area contributed by atoms with E-state index in [1.807, 2.05) is 67.0 Å². The molecule has 15 rings (SSSR count). The van der Waals surface area contributed by atoms with Crippen molar-refractivity contribution in [2.24, 2.45) is 0 Å². The number of hydrogen-bond donors (Lipinski definition) is 0. The first-order chi connectivity index (χ1) is 35.1. The number of rotatable bonds is 3. The van der Waals surface area contributed by atoms with Crippen LogP contribution >= 0.6 is 11.8 Å². The van der Waals surface area contributed by atoms with Gasteiger partial charge in [0.25, 0.3) is 0 Å². The Morgan fingerprint density at radius 1 is 0.465 bits per heavy atom. The molecule has 0 saturated carbocycles. The Morgan fingerprint density at radius 3 is 1.73 bits per heavy atom. The Balaban J connectivity index is 1.07. The van der Waals surface area contributed by atoms with Gasteiger partial charge in [-0.2, -0.15) is 5.26 Å². The molecule has 0 saturated heterocycles. The standard InChI is InChI=1S/C62H32N8S/c1-64-37-21-26-54-45(30-37)42-12-4-6-15-50(42)68(54)39-23-24-47-58(33-39)71-57-19-9-18-56(70-52-17-8-5-13-43(52)46-31-38(65-2)22-27-55(46)70)59(57)62(47)48-14-10-28-66-60(48)61-49(62)32-40(35-67-61)69-51-16-7-3-11-41(51)44-29-36(34-63)20-25-53(44)69/h3-33,35H. The second kappa shape index (κ2) is 14.4. The van der Waals surface area contributed by atoms with E-state index < -0.39 is 5.41 Å². The van der Waals surface area contributed by atoms with Crippen molar-refractivity contribution < 1.29 is 0 Å². The van der Waals surface area contributed by atoms with E-state index in [9.17, 15) is 5.26 Å². The van der Waals surface area contributed by atoms with Crippen LogP contribution in [0.5, 0.6) is 0 Å². The molecule has 9 heteroatoms. The first-order valence-electron chi connectivity index (χ1n) is 23.3. The molecule has 0 N–H and O–H groups in total. The third kappa shape index (κ3) is 5.16. The summed E-state index contributed by atoms with van der Waals surface area (Å²) in [5.74, 6) is 0. The van der Waals surface area contributed by atoms with Crippen molar-refractivity contribution in [3.05, 3.63) is 245 Å². The van der Waals surface area contributed by atoms with Gasteiger partial charge in [-0.15, -0.1) is 0 Å². The predicted octanol–water partition coefficient (Wildman–Crippen LogP) is 15.6. The largest absolute Gasteiger partial charge is 0.309 e. The highest BCUT2D eigenvalue weighted by Gasteiger charge is 2.53. The Hall–Kier alpha value is -9.72. The summed E-state index contributed by atoms with van der Waals surface area (Å²) in [6.45, 7) is 15.8. The second-order valence-electron chi connectivity index (χ2n) is 18.2. The summed E-state index contributed by atoms with van der Waals surface area (Å²) in [5.41, 5.74) is 16.0. The molecule has 1 spiro atoms. The van der Waals surface area contributed by atoms with Crippen LogP contribution in [-0.4, -0.2) is 23.7 Å². The van der Waals surface area contributed by atoms with Crippen LogP contribution in [-0.2, 0) is 5.41 Å². The lowest BCUT2D eigenvalue weighted by molar-refractivity contribution is 0.711. The molecule has 0 amide bonds. The van der Waals surface area contributed by atoms with Crippen LogP contribution < -0.4 is 0 Å². The molecule has 1 unspecified atom stereocenters. The monoisotopic (exact) mass is 920 g/mol. The molecule has 0 fully saturated rings. The molecule has 6 heterocycles. The molecule has 13 aromatic rings. The van der Waals surface area contributed by atoms with Crippen molar-refractivity contribution in [3.63, 3.8) is 0 Å². The lowest BCUT2D eigenvalue weighted by Crippen LogP contribution is -2.33. The minimum atomic E-state index is -0.931. The van der Waals surface area contributed by atoms with E-state index in [4.69, 9.17) is 23.1 Å². The fourth-order valence-electron chi connectivity index (χ4n) is 12.0. The zero-order valence-electron chi connectivity index (χ0n) is 37.5.